The van der Waals surface area contributed by atoms with Gasteiger partial charge in [0.15, 0.2) is 17.5 Å². The summed E-state index contributed by atoms with van der Waals surface area (Å²) >= 11 is 0. The van der Waals surface area contributed by atoms with E-state index in [1.54, 1.807) is 6.92 Å². The second kappa shape index (κ2) is 4.98. The van der Waals surface area contributed by atoms with E-state index in [9.17, 15) is 18.0 Å². The van der Waals surface area contributed by atoms with Crippen LogP contribution >= 0.6 is 0 Å². The number of hydrogen-bond acceptors (Lipinski definition) is 2. The van der Waals surface area contributed by atoms with E-state index in [-0.39, 0.29) is 5.69 Å². The van der Waals surface area contributed by atoms with Gasteiger partial charge in [0.25, 0.3) is 0 Å². The SMILES string of the molecule is CC[C@H](N)C(=O)Nc1cc(F)c(F)c(F)c1. The fraction of sp³-hybridized carbons (Fsp3) is 0.300. The van der Waals surface area contributed by atoms with E-state index < -0.39 is 29.4 Å². The van der Waals surface area contributed by atoms with Gasteiger partial charge < -0.3 is 11.1 Å². The van der Waals surface area contributed by atoms with Crippen molar-refractivity contribution in [2.24, 2.45) is 5.73 Å². The summed E-state index contributed by atoms with van der Waals surface area (Å²) in [5, 5.41) is 2.19. The predicted molar refractivity (Wildman–Crippen MR) is 53.2 cm³/mol. The summed E-state index contributed by atoms with van der Waals surface area (Å²) in [5.41, 5.74) is 5.23. The third-order valence-electron chi connectivity index (χ3n) is 2.03. The number of carbonyl (C=O) groups is 1. The van der Waals surface area contributed by atoms with Gasteiger partial charge in [-0.2, -0.15) is 0 Å². The van der Waals surface area contributed by atoms with Crippen molar-refractivity contribution in [3.63, 3.8) is 0 Å². The van der Waals surface area contributed by atoms with Crippen LogP contribution in [0.5, 0.6) is 0 Å². The molecule has 0 aliphatic rings. The highest BCUT2D eigenvalue weighted by Crippen LogP contribution is 2.17. The van der Waals surface area contributed by atoms with Crippen molar-refractivity contribution in [2.45, 2.75) is 19.4 Å². The Hall–Kier alpha value is -1.56. The minimum absolute atomic E-state index is 0.162. The average molecular weight is 232 g/mol. The molecule has 0 aliphatic heterocycles. The second-order valence-electron chi connectivity index (χ2n) is 3.26. The zero-order valence-electron chi connectivity index (χ0n) is 8.56. The number of benzene rings is 1. The van der Waals surface area contributed by atoms with Gasteiger partial charge in [0.05, 0.1) is 6.04 Å². The molecule has 1 atom stereocenters. The highest BCUT2D eigenvalue weighted by atomic mass is 19.2. The lowest BCUT2D eigenvalue weighted by atomic mass is 10.2. The molecule has 0 unspecified atom stereocenters. The summed E-state index contributed by atoms with van der Waals surface area (Å²) in [5.74, 6) is -4.87. The first kappa shape index (κ1) is 12.5. The molecule has 1 amide bonds. The van der Waals surface area contributed by atoms with Gasteiger partial charge in [-0.25, -0.2) is 13.2 Å². The van der Waals surface area contributed by atoms with E-state index in [4.69, 9.17) is 5.73 Å². The third-order valence-corrected chi connectivity index (χ3v) is 2.03. The normalized spacial score (nSPS) is 12.3. The second-order valence-corrected chi connectivity index (χ2v) is 3.26. The van der Waals surface area contributed by atoms with Crippen LogP contribution in [0.2, 0.25) is 0 Å². The maximum absolute atomic E-state index is 12.8. The lowest BCUT2D eigenvalue weighted by Gasteiger charge is -2.10. The van der Waals surface area contributed by atoms with Crippen molar-refractivity contribution in [1.29, 1.82) is 0 Å². The van der Waals surface area contributed by atoms with Crippen LogP contribution < -0.4 is 11.1 Å². The first-order valence-corrected chi connectivity index (χ1v) is 4.66. The number of anilines is 1. The number of rotatable bonds is 3. The van der Waals surface area contributed by atoms with Crippen molar-refractivity contribution in [2.75, 3.05) is 5.32 Å². The van der Waals surface area contributed by atoms with Gasteiger partial charge in [-0.1, -0.05) is 6.92 Å². The number of halogens is 3. The molecule has 0 aromatic heterocycles. The molecule has 0 fully saturated rings. The molecule has 88 valence electrons. The maximum Gasteiger partial charge on any atom is 0.241 e. The summed E-state index contributed by atoms with van der Waals surface area (Å²) in [6.07, 6.45) is 0.387. The van der Waals surface area contributed by atoms with Gasteiger partial charge in [-0.3, -0.25) is 4.79 Å². The van der Waals surface area contributed by atoms with Crippen molar-refractivity contribution >= 4 is 11.6 Å². The standard InChI is InChI=1S/C10H11F3N2O/c1-2-8(14)10(16)15-5-3-6(11)9(13)7(12)4-5/h3-4,8H,2,14H2,1H3,(H,15,16)/t8-/m0/s1. The van der Waals surface area contributed by atoms with Gasteiger partial charge in [-0.15, -0.1) is 0 Å². The van der Waals surface area contributed by atoms with E-state index in [2.05, 4.69) is 5.32 Å². The van der Waals surface area contributed by atoms with Crippen LogP contribution in [-0.4, -0.2) is 11.9 Å². The largest absolute Gasteiger partial charge is 0.325 e. The van der Waals surface area contributed by atoms with E-state index >= 15 is 0 Å². The molecule has 0 heterocycles. The van der Waals surface area contributed by atoms with Crippen molar-refractivity contribution < 1.29 is 18.0 Å². The zero-order valence-corrected chi connectivity index (χ0v) is 8.56. The lowest BCUT2D eigenvalue weighted by Crippen LogP contribution is -2.34. The number of nitrogens with one attached hydrogen (secondary N) is 1. The molecule has 3 nitrogen and oxygen atoms in total. The molecule has 0 spiro atoms. The van der Waals surface area contributed by atoms with Crippen LogP contribution in [-0.2, 0) is 4.79 Å². The molecule has 0 bridgehead atoms. The molecule has 1 aromatic rings. The molecule has 0 saturated carbocycles. The molecule has 16 heavy (non-hydrogen) atoms. The van der Waals surface area contributed by atoms with Crippen LogP contribution in [0.4, 0.5) is 18.9 Å². The maximum atomic E-state index is 12.8. The van der Waals surface area contributed by atoms with E-state index in [0.29, 0.717) is 18.6 Å². The van der Waals surface area contributed by atoms with E-state index in [0.717, 1.165) is 0 Å². The van der Waals surface area contributed by atoms with Crippen molar-refractivity contribution in [3.8, 4) is 0 Å². The Morgan fingerprint density at radius 1 is 1.38 bits per heavy atom. The third kappa shape index (κ3) is 2.73. The Morgan fingerprint density at radius 2 is 1.88 bits per heavy atom. The Morgan fingerprint density at radius 3 is 2.31 bits per heavy atom. The number of amides is 1. The first-order chi connectivity index (χ1) is 7.45. The summed E-state index contributed by atoms with van der Waals surface area (Å²) in [6, 6.07) is 0.619. The van der Waals surface area contributed by atoms with E-state index in [1.165, 1.54) is 0 Å². The van der Waals surface area contributed by atoms with Gasteiger partial charge in [0.2, 0.25) is 5.91 Å². The topological polar surface area (TPSA) is 55.1 Å². The fourth-order valence-electron chi connectivity index (χ4n) is 1.05. The van der Waals surface area contributed by atoms with Crippen molar-refractivity contribution in [3.05, 3.63) is 29.6 Å². The number of carbonyl (C=O) groups excluding carboxylic acids is 1. The molecule has 3 N–H and O–H groups in total. The summed E-state index contributed by atoms with van der Waals surface area (Å²) < 4.78 is 38.1. The molecular weight excluding hydrogens is 221 g/mol. The van der Waals surface area contributed by atoms with Gasteiger partial charge in [-0.05, 0) is 6.42 Å². The molecule has 0 radical (unpaired) electrons. The van der Waals surface area contributed by atoms with Crippen LogP contribution in [0.25, 0.3) is 0 Å². The summed E-state index contributed by atoms with van der Waals surface area (Å²) in [7, 11) is 0. The van der Waals surface area contributed by atoms with E-state index in [1.807, 2.05) is 0 Å². The summed E-state index contributed by atoms with van der Waals surface area (Å²) in [4.78, 5) is 11.3. The van der Waals surface area contributed by atoms with Gasteiger partial charge in [0, 0.05) is 17.8 Å². The lowest BCUT2D eigenvalue weighted by molar-refractivity contribution is -0.117. The minimum atomic E-state index is -1.57. The first-order valence-electron chi connectivity index (χ1n) is 4.66. The molecule has 0 saturated heterocycles. The minimum Gasteiger partial charge on any atom is -0.325 e. The Kier molecular flexibility index (Phi) is 3.89. The van der Waals surface area contributed by atoms with Gasteiger partial charge >= 0.3 is 0 Å². The fourth-order valence-corrected chi connectivity index (χ4v) is 1.05. The number of nitrogens with two attached hydrogens (primary N) is 1. The Labute approximate surface area is 90.4 Å². The molecular formula is C10H11F3N2O. The average Bonchev–Trinajstić information content (AvgIpc) is 2.24. The predicted octanol–water partition coefficient (Wildman–Crippen LogP) is 1.78. The molecule has 0 aliphatic carbocycles. The van der Waals surface area contributed by atoms with Crippen LogP contribution in [0.1, 0.15) is 13.3 Å². The monoisotopic (exact) mass is 232 g/mol. The Balaban J connectivity index is 2.87. The molecule has 6 heteroatoms. The van der Waals surface area contributed by atoms with Crippen LogP contribution in [0.15, 0.2) is 12.1 Å². The summed E-state index contributed by atoms with van der Waals surface area (Å²) in [6.45, 7) is 1.69. The smallest absolute Gasteiger partial charge is 0.241 e. The number of hydrogen-bond donors (Lipinski definition) is 2. The quantitative estimate of drug-likeness (QED) is 0.780. The van der Waals surface area contributed by atoms with Gasteiger partial charge in [0.1, 0.15) is 0 Å². The van der Waals surface area contributed by atoms with Crippen LogP contribution in [0.3, 0.4) is 0 Å². The molecule has 1 aromatic carbocycles. The molecule has 1 rings (SSSR count). The highest BCUT2D eigenvalue weighted by molar-refractivity contribution is 5.94. The zero-order chi connectivity index (χ0) is 12.3. The Bertz CT molecular complexity index is 386. The van der Waals surface area contributed by atoms with Crippen LogP contribution in [0, 0.1) is 17.5 Å². The highest BCUT2D eigenvalue weighted by Gasteiger charge is 2.14. The van der Waals surface area contributed by atoms with Crippen molar-refractivity contribution in [1.82, 2.24) is 0 Å².